The van der Waals surface area contributed by atoms with E-state index in [2.05, 4.69) is 75.7 Å². The van der Waals surface area contributed by atoms with Gasteiger partial charge in [0.1, 0.15) is 0 Å². The standard InChI is InChI=1S/C25H34N2/c1-7-22(8-2)23(9-3)16-19-24(10-4)27-20(6)12-13-21-14-17-25(18-15-21)26-11-5/h7-9,14-19,26H,1,3,10-13H2,2,4-6H3/b22-8+,23-16+,24-19+,27-20+. The van der Waals surface area contributed by atoms with E-state index in [0.29, 0.717) is 0 Å². The second-order valence-electron chi connectivity index (χ2n) is 6.36. The lowest BCUT2D eigenvalue weighted by Crippen LogP contribution is -1.98. The van der Waals surface area contributed by atoms with Gasteiger partial charge in [0.05, 0.1) is 0 Å². The van der Waals surface area contributed by atoms with Crippen LogP contribution in [0.2, 0.25) is 0 Å². The minimum atomic E-state index is 0.898. The second kappa shape index (κ2) is 12.7. The Hall–Kier alpha value is -2.61. The third kappa shape index (κ3) is 8.08. The number of anilines is 1. The molecular formula is C25H34N2. The van der Waals surface area contributed by atoms with E-state index in [1.54, 1.807) is 0 Å². The van der Waals surface area contributed by atoms with Gasteiger partial charge >= 0.3 is 0 Å². The fourth-order valence-corrected chi connectivity index (χ4v) is 2.72. The van der Waals surface area contributed by atoms with Gasteiger partial charge in [-0.3, -0.25) is 4.99 Å². The first-order valence-corrected chi connectivity index (χ1v) is 9.77. The Morgan fingerprint density at radius 2 is 1.70 bits per heavy atom. The van der Waals surface area contributed by atoms with Gasteiger partial charge in [-0.05, 0) is 75.0 Å². The van der Waals surface area contributed by atoms with Gasteiger partial charge in [0, 0.05) is 23.6 Å². The van der Waals surface area contributed by atoms with Crippen LogP contribution in [0.15, 0.2) is 89.6 Å². The number of allylic oxidation sites excluding steroid dienone is 8. The fourth-order valence-electron chi connectivity index (χ4n) is 2.72. The normalized spacial score (nSPS) is 13.5. The summed E-state index contributed by atoms with van der Waals surface area (Å²) in [5, 5.41) is 3.32. The van der Waals surface area contributed by atoms with Gasteiger partial charge in [-0.2, -0.15) is 0 Å². The average Bonchev–Trinajstić information content (AvgIpc) is 2.69. The van der Waals surface area contributed by atoms with Crippen molar-refractivity contribution in [3.05, 3.63) is 90.2 Å². The van der Waals surface area contributed by atoms with Gasteiger partial charge < -0.3 is 5.32 Å². The number of hydrogen-bond donors (Lipinski definition) is 1. The largest absolute Gasteiger partial charge is 0.385 e. The molecule has 0 saturated carbocycles. The summed E-state index contributed by atoms with van der Waals surface area (Å²) in [6.07, 6.45) is 12.8. The molecule has 1 aromatic rings. The van der Waals surface area contributed by atoms with Gasteiger partial charge in [0.15, 0.2) is 0 Å². The summed E-state index contributed by atoms with van der Waals surface area (Å²) in [4.78, 5) is 4.82. The maximum absolute atomic E-state index is 4.82. The van der Waals surface area contributed by atoms with E-state index in [1.165, 1.54) is 11.3 Å². The lowest BCUT2D eigenvalue weighted by atomic mass is 10.1. The van der Waals surface area contributed by atoms with E-state index >= 15 is 0 Å². The van der Waals surface area contributed by atoms with Crippen LogP contribution < -0.4 is 5.32 Å². The Bertz CT molecular complexity index is 728. The molecule has 1 N–H and O–H groups in total. The highest BCUT2D eigenvalue weighted by molar-refractivity contribution is 5.83. The minimum absolute atomic E-state index is 0.898. The Balaban J connectivity index is 2.79. The van der Waals surface area contributed by atoms with E-state index in [9.17, 15) is 0 Å². The van der Waals surface area contributed by atoms with Crippen molar-refractivity contribution in [2.24, 2.45) is 4.99 Å². The number of rotatable bonds is 11. The predicted molar refractivity (Wildman–Crippen MR) is 123 cm³/mol. The van der Waals surface area contributed by atoms with Crippen LogP contribution in [0.1, 0.15) is 46.1 Å². The lowest BCUT2D eigenvalue weighted by Gasteiger charge is -2.06. The lowest BCUT2D eigenvalue weighted by molar-refractivity contribution is 1.00. The summed E-state index contributed by atoms with van der Waals surface area (Å²) in [5.41, 5.74) is 6.89. The highest BCUT2D eigenvalue weighted by atomic mass is 14.8. The molecule has 27 heavy (non-hydrogen) atoms. The Kier molecular flexibility index (Phi) is 10.5. The first kappa shape index (κ1) is 22.4. The second-order valence-corrected chi connectivity index (χ2v) is 6.36. The van der Waals surface area contributed by atoms with Crippen LogP contribution in [0.3, 0.4) is 0 Å². The van der Waals surface area contributed by atoms with Gasteiger partial charge in [0.2, 0.25) is 0 Å². The number of nitrogens with one attached hydrogen (secondary N) is 1. The van der Waals surface area contributed by atoms with Crippen molar-refractivity contribution in [3.63, 3.8) is 0 Å². The Morgan fingerprint density at radius 3 is 2.22 bits per heavy atom. The molecule has 0 heterocycles. The van der Waals surface area contributed by atoms with Crippen molar-refractivity contribution in [2.45, 2.75) is 47.0 Å². The molecule has 0 bridgehead atoms. The molecule has 0 amide bonds. The summed E-state index contributed by atoms with van der Waals surface area (Å²) in [5.74, 6) is 0. The molecule has 0 aromatic heterocycles. The number of aryl methyl sites for hydroxylation is 1. The van der Waals surface area contributed by atoms with Crippen molar-refractivity contribution in [1.29, 1.82) is 0 Å². The van der Waals surface area contributed by atoms with Crippen LogP contribution in [0.5, 0.6) is 0 Å². The third-order valence-electron chi connectivity index (χ3n) is 4.35. The molecule has 2 nitrogen and oxygen atoms in total. The molecule has 1 aromatic carbocycles. The van der Waals surface area contributed by atoms with E-state index in [4.69, 9.17) is 4.99 Å². The molecule has 0 fully saturated rings. The van der Waals surface area contributed by atoms with Crippen molar-refractivity contribution in [2.75, 3.05) is 11.9 Å². The number of benzene rings is 1. The van der Waals surface area contributed by atoms with Crippen LogP contribution in [0, 0.1) is 0 Å². The molecule has 0 atom stereocenters. The average molecular weight is 363 g/mol. The highest BCUT2D eigenvalue weighted by Gasteiger charge is 1.99. The molecule has 0 aliphatic heterocycles. The molecule has 0 spiro atoms. The summed E-state index contributed by atoms with van der Waals surface area (Å²) in [6, 6.07) is 8.66. The minimum Gasteiger partial charge on any atom is -0.385 e. The zero-order valence-electron chi connectivity index (χ0n) is 17.4. The molecule has 2 heteroatoms. The molecule has 0 aliphatic carbocycles. The van der Waals surface area contributed by atoms with Gasteiger partial charge in [-0.1, -0.05) is 56.5 Å². The SMILES string of the molecule is C=CC(=C\C)/C(C=C)=C/C=C(CC)/N=C(\C)CCc1ccc(NCC)cc1. The maximum atomic E-state index is 4.82. The van der Waals surface area contributed by atoms with Crippen LogP contribution in [0.4, 0.5) is 5.69 Å². The Labute approximate surface area is 165 Å². The predicted octanol–water partition coefficient (Wildman–Crippen LogP) is 7.05. The molecule has 0 unspecified atom stereocenters. The van der Waals surface area contributed by atoms with Crippen molar-refractivity contribution >= 4 is 11.4 Å². The smallest absolute Gasteiger partial charge is 0.0400 e. The number of aliphatic imine (C=N–C) groups is 1. The van der Waals surface area contributed by atoms with Crippen molar-refractivity contribution in [1.82, 2.24) is 0 Å². The maximum Gasteiger partial charge on any atom is 0.0400 e. The molecule has 0 aliphatic rings. The molecule has 144 valence electrons. The van der Waals surface area contributed by atoms with Crippen LogP contribution in [-0.2, 0) is 6.42 Å². The summed E-state index contributed by atoms with van der Waals surface area (Å²) < 4.78 is 0. The zero-order valence-corrected chi connectivity index (χ0v) is 17.4. The molecular weight excluding hydrogens is 328 g/mol. The summed E-state index contributed by atoms with van der Waals surface area (Å²) in [7, 11) is 0. The molecule has 0 radical (unpaired) electrons. The fraction of sp³-hybridized carbons (Fsp3) is 0.320. The van der Waals surface area contributed by atoms with Crippen molar-refractivity contribution < 1.29 is 0 Å². The third-order valence-corrected chi connectivity index (χ3v) is 4.35. The quantitative estimate of drug-likeness (QED) is 0.331. The monoisotopic (exact) mass is 362 g/mol. The van der Waals surface area contributed by atoms with Crippen LogP contribution in [-0.4, -0.2) is 12.3 Å². The topological polar surface area (TPSA) is 24.4 Å². The summed E-state index contributed by atoms with van der Waals surface area (Å²) in [6.45, 7) is 17.1. The Morgan fingerprint density at radius 1 is 1.04 bits per heavy atom. The van der Waals surface area contributed by atoms with E-state index < -0.39 is 0 Å². The van der Waals surface area contributed by atoms with E-state index in [0.717, 1.165) is 48.4 Å². The van der Waals surface area contributed by atoms with Crippen LogP contribution in [0.25, 0.3) is 0 Å². The zero-order chi connectivity index (χ0) is 20.1. The van der Waals surface area contributed by atoms with Gasteiger partial charge in [0.25, 0.3) is 0 Å². The number of hydrogen-bond acceptors (Lipinski definition) is 2. The van der Waals surface area contributed by atoms with Gasteiger partial charge in [-0.25, -0.2) is 0 Å². The molecule has 0 saturated heterocycles. The van der Waals surface area contributed by atoms with Crippen molar-refractivity contribution in [3.8, 4) is 0 Å². The first-order chi connectivity index (χ1) is 13.1. The first-order valence-electron chi connectivity index (χ1n) is 9.77. The highest BCUT2D eigenvalue weighted by Crippen LogP contribution is 2.15. The van der Waals surface area contributed by atoms with E-state index in [-0.39, 0.29) is 0 Å². The molecule has 1 rings (SSSR count). The number of nitrogens with zero attached hydrogens (tertiary/aromatic N) is 1. The van der Waals surface area contributed by atoms with Gasteiger partial charge in [-0.15, -0.1) is 0 Å². The summed E-state index contributed by atoms with van der Waals surface area (Å²) >= 11 is 0. The van der Waals surface area contributed by atoms with E-state index in [1.807, 2.05) is 25.2 Å². The van der Waals surface area contributed by atoms with Crippen LogP contribution >= 0.6 is 0 Å².